The molecule has 34 heavy (non-hydrogen) atoms. The van der Waals surface area contributed by atoms with Crippen molar-refractivity contribution in [2.45, 2.75) is 33.2 Å². The molecule has 168 valence electrons. The molecule has 2 aromatic heterocycles. The fraction of sp³-hybridized carbons (Fsp3) is 0.207. The maximum atomic E-state index is 9.45. The third-order valence-electron chi connectivity index (χ3n) is 6.25. The molecule has 0 fully saturated rings. The van der Waals surface area contributed by atoms with Crippen molar-refractivity contribution < 1.29 is 0 Å². The lowest BCUT2D eigenvalue weighted by atomic mass is 9.99. The van der Waals surface area contributed by atoms with E-state index >= 15 is 0 Å². The van der Waals surface area contributed by atoms with Crippen LogP contribution in [0.3, 0.4) is 0 Å². The van der Waals surface area contributed by atoms with Crippen molar-refractivity contribution in [2.24, 2.45) is 7.05 Å². The number of benzene rings is 3. The smallest absolute Gasteiger partial charge is 0.110 e. The van der Waals surface area contributed by atoms with Crippen LogP contribution in [-0.2, 0) is 20.0 Å². The first-order chi connectivity index (χ1) is 16.6. The van der Waals surface area contributed by atoms with E-state index in [0.29, 0.717) is 5.56 Å². The Morgan fingerprint density at radius 2 is 1.79 bits per heavy atom. The van der Waals surface area contributed by atoms with Crippen LogP contribution in [0.15, 0.2) is 73.2 Å². The molecule has 0 aliphatic carbocycles. The Morgan fingerprint density at radius 3 is 2.50 bits per heavy atom. The van der Waals surface area contributed by atoms with Gasteiger partial charge < -0.3 is 9.13 Å². The van der Waals surface area contributed by atoms with Crippen molar-refractivity contribution in [1.29, 1.82) is 5.26 Å². The Bertz CT molecular complexity index is 1510. The molecule has 0 radical (unpaired) electrons. The fourth-order valence-corrected chi connectivity index (χ4v) is 4.55. The molecule has 0 amide bonds. The minimum Gasteiger partial charge on any atom is -0.340 e. The van der Waals surface area contributed by atoms with E-state index in [1.807, 2.05) is 48.4 Å². The number of hydrogen-bond donors (Lipinski definition) is 0. The molecule has 0 atom stereocenters. The Hall–Kier alpha value is -4.17. The number of aryl methyl sites for hydroxylation is 3. The van der Waals surface area contributed by atoms with Gasteiger partial charge in [0, 0.05) is 31.8 Å². The molecular formula is C29H27N5. The number of hydrogen-bond acceptors (Lipinski definition) is 3. The average Bonchev–Trinajstić information content (AvgIpc) is 3.44. The number of nitriles is 1. The van der Waals surface area contributed by atoms with E-state index < -0.39 is 0 Å². The van der Waals surface area contributed by atoms with Gasteiger partial charge in [0.15, 0.2) is 0 Å². The second-order valence-electron chi connectivity index (χ2n) is 8.80. The Kier molecular flexibility index (Phi) is 5.73. The molecule has 5 rings (SSSR count). The zero-order valence-corrected chi connectivity index (χ0v) is 19.8. The highest BCUT2D eigenvalue weighted by Crippen LogP contribution is 2.29. The van der Waals surface area contributed by atoms with E-state index in [1.165, 1.54) is 5.56 Å². The molecule has 0 N–H and O–H groups in total. The summed E-state index contributed by atoms with van der Waals surface area (Å²) in [6, 6.07) is 22.9. The predicted octanol–water partition coefficient (Wildman–Crippen LogP) is 6.28. The van der Waals surface area contributed by atoms with Crippen LogP contribution >= 0.6 is 0 Å². The molecule has 0 spiro atoms. The molecule has 2 heterocycles. The van der Waals surface area contributed by atoms with Crippen molar-refractivity contribution in [1.82, 2.24) is 19.1 Å². The van der Waals surface area contributed by atoms with Crippen LogP contribution in [0, 0.1) is 18.3 Å². The lowest BCUT2D eigenvalue weighted by Crippen LogP contribution is -2.05. The molecule has 5 heteroatoms. The molecule has 0 aliphatic heterocycles. The topological polar surface area (TPSA) is 59.4 Å². The number of nitrogens with zero attached hydrogens (tertiary/aromatic N) is 5. The molecule has 5 aromatic rings. The Balaban J connectivity index is 1.55. The van der Waals surface area contributed by atoms with Gasteiger partial charge in [0.25, 0.3) is 0 Å². The van der Waals surface area contributed by atoms with Gasteiger partial charge in [0.1, 0.15) is 5.82 Å². The van der Waals surface area contributed by atoms with Crippen LogP contribution in [0.1, 0.15) is 35.9 Å². The zero-order valence-electron chi connectivity index (χ0n) is 19.8. The summed E-state index contributed by atoms with van der Waals surface area (Å²) in [5.74, 6) is 1.11. The number of imidazole rings is 2. The van der Waals surface area contributed by atoms with E-state index in [1.54, 1.807) is 0 Å². The second-order valence-corrected chi connectivity index (χ2v) is 8.80. The number of fused-ring (bicyclic) bond motifs is 1. The molecule has 0 bridgehead atoms. The molecule has 0 saturated heterocycles. The minimum absolute atomic E-state index is 0.693. The standard InChI is InChI=1S/C29H27N5/c1-4-7-28-32-29-20(2)14-24(26-18-33(3)19-31-26)15-27(29)34(28)17-21-10-12-22(13-11-21)25-9-6-5-8-23(25)16-30/h5-6,8-15,18-19H,4,7,17H2,1-3H3. The third-order valence-corrected chi connectivity index (χ3v) is 6.25. The van der Waals surface area contributed by atoms with E-state index in [9.17, 15) is 5.26 Å². The van der Waals surface area contributed by atoms with Gasteiger partial charge in [0.2, 0.25) is 0 Å². The fourth-order valence-electron chi connectivity index (χ4n) is 4.55. The normalized spacial score (nSPS) is 11.1. The molecule has 0 unspecified atom stereocenters. The maximum absolute atomic E-state index is 9.45. The van der Waals surface area contributed by atoms with Gasteiger partial charge >= 0.3 is 0 Å². The first-order valence-electron chi connectivity index (χ1n) is 11.6. The number of aromatic nitrogens is 4. The van der Waals surface area contributed by atoms with Gasteiger partial charge in [-0.2, -0.15) is 5.26 Å². The van der Waals surface area contributed by atoms with Crippen LogP contribution in [0.25, 0.3) is 33.4 Å². The third kappa shape index (κ3) is 3.99. The van der Waals surface area contributed by atoms with E-state index in [0.717, 1.165) is 64.2 Å². The summed E-state index contributed by atoms with van der Waals surface area (Å²) < 4.78 is 4.32. The summed E-state index contributed by atoms with van der Waals surface area (Å²) in [6.45, 7) is 5.07. The highest BCUT2D eigenvalue weighted by molar-refractivity contribution is 5.85. The Morgan fingerprint density at radius 1 is 1.00 bits per heavy atom. The number of rotatable bonds is 6. The van der Waals surface area contributed by atoms with Gasteiger partial charge in [-0.3, -0.25) is 0 Å². The van der Waals surface area contributed by atoms with Gasteiger partial charge in [-0.05, 0) is 53.8 Å². The van der Waals surface area contributed by atoms with Gasteiger partial charge in [-0.1, -0.05) is 49.4 Å². The SMILES string of the molecule is CCCc1nc2c(C)cc(-c3cn(C)cn3)cc2n1Cc1ccc(-c2ccccc2C#N)cc1. The van der Waals surface area contributed by atoms with Gasteiger partial charge in [-0.25, -0.2) is 9.97 Å². The second kappa shape index (κ2) is 8.99. The summed E-state index contributed by atoms with van der Waals surface area (Å²) >= 11 is 0. The Labute approximate surface area is 200 Å². The van der Waals surface area contributed by atoms with Crippen molar-refractivity contribution >= 4 is 11.0 Å². The van der Waals surface area contributed by atoms with Gasteiger partial charge in [-0.15, -0.1) is 0 Å². The zero-order chi connectivity index (χ0) is 23.7. The van der Waals surface area contributed by atoms with Crippen molar-refractivity contribution in [3.8, 4) is 28.5 Å². The summed E-state index contributed by atoms with van der Waals surface area (Å²) in [5, 5.41) is 9.45. The highest BCUT2D eigenvalue weighted by Gasteiger charge is 2.15. The van der Waals surface area contributed by atoms with Crippen LogP contribution in [0.2, 0.25) is 0 Å². The summed E-state index contributed by atoms with van der Waals surface area (Å²) in [6.07, 6.45) is 5.85. The first kappa shape index (κ1) is 21.7. The van der Waals surface area contributed by atoms with E-state index in [-0.39, 0.29) is 0 Å². The molecule has 5 nitrogen and oxygen atoms in total. The van der Waals surface area contributed by atoms with Crippen molar-refractivity contribution in [3.05, 3.63) is 95.7 Å². The summed E-state index contributed by atoms with van der Waals surface area (Å²) in [7, 11) is 1.99. The molecule has 0 saturated carbocycles. The van der Waals surface area contributed by atoms with Crippen molar-refractivity contribution in [3.63, 3.8) is 0 Å². The average molecular weight is 446 g/mol. The minimum atomic E-state index is 0.693. The molecule has 3 aromatic carbocycles. The summed E-state index contributed by atoms with van der Waals surface area (Å²) in [5.41, 5.74) is 9.36. The van der Waals surface area contributed by atoms with Crippen LogP contribution in [-0.4, -0.2) is 19.1 Å². The lowest BCUT2D eigenvalue weighted by molar-refractivity contribution is 0.722. The van der Waals surface area contributed by atoms with Crippen LogP contribution in [0.4, 0.5) is 0 Å². The molecular weight excluding hydrogens is 418 g/mol. The quantitative estimate of drug-likeness (QED) is 0.309. The maximum Gasteiger partial charge on any atom is 0.110 e. The summed E-state index contributed by atoms with van der Waals surface area (Å²) in [4.78, 5) is 9.58. The van der Waals surface area contributed by atoms with Crippen LogP contribution in [0.5, 0.6) is 0 Å². The predicted molar refractivity (Wildman–Crippen MR) is 136 cm³/mol. The molecule has 0 aliphatic rings. The monoisotopic (exact) mass is 445 g/mol. The lowest BCUT2D eigenvalue weighted by Gasteiger charge is -2.11. The van der Waals surface area contributed by atoms with Crippen molar-refractivity contribution in [2.75, 3.05) is 0 Å². The van der Waals surface area contributed by atoms with E-state index in [2.05, 4.69) is 65.9 Å². The van der Waals surface area contributed by atoms with E-state index in [4.69, 9.17) is 4.98 Å². The van der Waals surface area contributed by atoms with Gasteiger partial charge in [0.05, 0.1) is 34.7 Å². The van der Waals surface area contributed by atoms with Crippen LogP contribution < -0.4 is 0 Å². The highest BCUT2D eigenvalue weighted by atomic mass is 15.1. The largest absolute Gasteiger partial charge is 0.340 e. The first-order valence-corrected chi connectivity index (χ1v) is 11.6.